The van der Waals surface area contributed by atoms with Crippen LogP contribution >= 0.6 is 0 Å². The molecule has 0 saturated carbocycles. The predicted octanol–water partition coefficient (Wildman–Crippen LogP) is 3.06. The molecule has 1 atom stereocenters. The number of primary amides is 1. The van der Waals surface area contributed by atoms with Gasteiger partial charge in [0.25, 0.3) is 0 Å². The number of nitrogens with two attached hydrogens (primary N) is 1. The molecule has 0 aliphatic carbocycles. The van der Waals surface area contributed by atoms with Crippen LogP contribution in [0.4, 0.5) is 10.1 Å². The molecule has 1 aromatic rings. The highest BCUT2D eigenvalue weighted by atomic mass is 19.1. The smallest absolute Gasteiger partial charge is 0.239 e. The molecule has 0 radical (unpaired) electrons. The molecule has 1 rings (SSSR count). The van der Waals surface area contributed by atoms with Gasteiger partial charge in [-0.15, -0.1) is 0 Å². The van der Waals surface area contributed by atoms with E-state index in [1.54, 1.807) is 12.1 Å². The summed E-state index contributed by atoms with van der Waals surface area (Å²) in [5, 5.41) is 3.04. The molecule has 0 fully saturated rings. The number of nitrogens with one attached hydrogen (secondary N) is 1. The lowest BCUT2D eigenvalue weighted by Gasteiger charge is -2.16. The third kappa shape index (κ3) is 5.17. The van der Waals surface area contributed by atoms with Gasteiger partial charge in [0.15, 0.2) is 0 Å². The minimum Gasteiger partial charge on any atom is -0.374 e. The summed E-state index contributed by atoms with van der Waals surface area (Å²) in [6.07, 6.45) is 5.11. The second-order valence-corrected chi connectivity index (χ2v) is 4.46. The van der Waals surface area contributed by atoms with Gasteiger partial charge in [0, 0.05) is 5.69 Å². The summed E-state index contributed by atoms with van der Waals surface area (Å²) < 4.78 is 12.8. The van der Waals surface area contributed by atoms with Crippen molar-refractivity contribution in [3.05, 3.63) is 30.1 Å². The lowest BCUT2D eigenvalue weighted by molar-refractivity contribution is -0.118. The molecule has 0 spiro atoms. The van der Waals surface area contributed by atoms with E-state index in [2.05, 4.69) is 12.2 Å². The van der Waals surface area contributed by atoms with Crippen molar-refractivity contribution in [2.45, 2.75) is 45.1 Å². The van der Waals surface area contributed by atoms with E-state index in [-0.39, 0.29) is 17.8 Å². The van der Waals surface area contributed by atoms with E-state index in [1.807, 2.05) is 0 Å². The molecule has 3 N–H and O–H groups in total. The molecule has 100 valence electrons. The van der Waals surface area contributed by atoms with Gasteiger partial charge in [-0.2, -0.15) is 0 Å². The molecule has 3 nitrogen and oxygen atoms in total. The van der Waals surface area contributed by atoms with Crippen LogP contribution in [0.1, 0.15) is 39.0 Å². The fourth-order valence-electron chi connectivity index (χ4n) is 1.81. The van der Waals surface area contributed by atoms with Crippen LogP contribution in [0.3, 0.4) is 0 Å². The van der Waals surface area contributed by atoms with E-state index in [0.29, 0.717) is 6.42 Å². The summed E-state index contributed by atoms with van der Waals surface area (Å²) in [5.74, 6) is -0.657. The van der Waals surface area contributed by atoms with Crippen LogP contribution in [0.5, 0.6) is 0 Å². The molecule has 0 bridgehead atoms. The van der Waals surface area contributed by atoms with Crippen molar-refractivity contribution < 1.29 is 9.18 Å². The Morgan fingerprint density at radius 1 is 1.28 bits per heavy atom. The second kappa shape index (κ2) is 7.69. The lowest BCUT2D eigenvalue weighted by Crippen LogP contribution is -2.35. The minimum absolute atomic E-state index is 0.292. The molecular formula is C14H21FN2O. The average Bonchev–Trinajstić information content (AvgIpc) is 2.35. The SMILES string of the molecule is CCCCCCC(Nc1ccc(F)cc1)C(N)=O. The number of halogens is 1. The summed E-state index contributed by atoms with van der Waals surface area (Å²) in [5.41, 5.74) is 6.07. The number of benzene rings is 1. The Labute approximate surface area is 108 Å². The van der Waals surface area contributed by atoms with Crippen molar-refractivity contribution in [1.29, 1.82) is 0 Å². The van der Waals surface area contributed by atoms with Crippen molar-refractivity contribution in [2.24, 2.45) is 5.73 Å². The second-order valence-electron chi connectivity index (χ2n) is 4.46. The monoisotopic (exact) mass is 252 g/mol. The zero-order valence-electron chi connectivity index (χ0n) is 10.8. The fourth-order valence-corrected chi connectivity index (χ4v) is 1.81. The minimum atomic E-state index is -0.382. The Morgan fingerprint density at radius 2 is 1.94 bits per heavy atom. The van der Waals surface area contributed by atoms with Crippen LogP contribution < -0.4 is 11.1 Å². The van der Waals surface area contributed by atoms with Crippen molar-refractivity contribution in [2.75, 3.05) is 5.32 Å². The zero-order chi connectivity index (χ0) is 13.4. The highest BCUT2D eigenvalue weighted by Gasteiger charge is 2.14. The number of hydrogen-bond acceptors (Lipinski definition) is 2. The first-order valence-electron chi connectivity index (χ1n) is 6.45. The van der Waals surface area contributed by atoms with E-state index < -0.39 is 0 Å². The Morgan fingerprint density at radius 3 is 2.50 bits per heavy atom. The van der Waals surface area contributed by atoms with Crippen molar-refractivity contribution >= 4 is 11.6 Å². The molecule has 0 aliphatic heterocycles. The summed E-state index contributed by atoms with van der Waals surface area (Å²) in [6, 6.07) is 5.55. The first-order chi connectivity index (χ1) is 8.63. The van der Waals surface area contributed by atoms with E-state index in [0.717, 1.165) is 24.9 Å². The zero-order valence-corrected chi connectivity index (χ0v) is 10.8. The number of hydrogen-bond donors (Lipinski definition) is 2. The summed E-state index contributed by atoms with van der Waals surface area (Å²) >= 11 is 0. The lowest BCUT2D eigenvalue weighted by atomic mass is 10.1. The Balaban J connectivity index is 2.47. The molecule has 0 aromatic heterocycles. The van der Waals surface area contributed by atoms with Gasteiger partial charge in [-0.3, -0.25) is 4.79 Å². The van der Waals surface area contributed by atoms with Gasteiger partial charge in [0.05, 0.1) is 0 Å². The fraction of sp³-hybridized carbons (Fsp3) is 0.500. The Bertz CT molecular complexity index is 365. The third-order valence-corrected chi connectivity index (χ3v) is 2.87. The number of carbonyl (C=O) groups is 1. The van der Waals surface area contributed by atoms with Crippen LogP contribution in [0.2, 0.25) is 0 Å². The quantitative estimate of drug-likeness (QED) is 0.699. The molecule has 1 aromatic carbocycles. The first-order valence-corrected chi connectivity index (χ1v) is 6.45. The van der Waals surface area contributed by atoms with Crippen LogP contribution in [0, 0.1) is 5.82 Å². The molecule has 0 saturated heterocycles. The van der Waals surface area contributed by atoms with Crippen molar-refractivity contribution in [1.82, 2.24) is 0 Å². The van der Waals surface area contributed by atoms with Gasteiger partial charge in [0.2, 0.25) is 5.91 Å². The van der Waals surface area contributed by atoms with E-state index in [9.17, 15) is 9.18 Å². The van der Waals surface area contributed by atoms with Crippen molar-refractivity contribution in [3.63, 3.8) is 0 Å². The summed E-state index contributed by atoms with van der Waals surface area (Å²) in [7, 11) is 0. The number of unbranched alkanes of at least 4 members (excludes halogenated alkanes) is 3. The molecular weight excluding hydrogens is 231 g/mol. The van der Waals surface area contributed by atoms with E-state index >= 15 is 0 Å². The highest BCUT2D eigenvalue weighted by Crippen LogP contribution is 2.13. The number of rotatable bonds is 8. The number of carbonyl (C=O) groups excluding carboxylic acids is 1. The van der Waals surface area contributed by atoms with Crippen LogP contribution in [0.15, 0.2) is 24.3 Å². The highest BCUT2D eigenvalue weighted by molar-refractivity contribution is 5.82. The standard InChI is InChI=1S/C14H21FN2O/c1-2-3-4-5-6-13(14(16)18)17-12-9-7-11(15)8-10-12/h7-10,13,17H,2-6H2,1H3,(H2,16,18). The van der Waals surface area contributed by atoms with Crippen LogP contribution in [-0.4, -0.2) is 11.9 Å². The molecule has 0 aliphatic rings. The van der Waals surface area contributed by atoms with Crippen LogP contribution in [-0.2, 0) is 4.79 Å². The van der Waals surface area contributed by atoms with Gasteiger partial charge < -0.3 is 11.1 Å². The number of amides is 1. The molecule has 1 amide bonds. The Kier molecular flexibility index (Phi) is 6.19. The van der Waals surface area contributed by atoms with Crippen molar-refractivity contribution in [3.8, 4) is 0 Å². The van der Waals surface area contributed by atoms with Gasteiger partial charge in [-0.25, -0.2) is 4.39 Å². The largest absolute Gasteiger partial charge is 0.374 e. The van der Waals surface area contributed by atoms with E-state index in [4.69, 9.17) is 5.73 Å². The summed E-state index contributed by atoms with van der Waals surface area (Å²) in [4.78, 5) is 11.3. The maximum Gasteiger partial charge on any atom is 0.239 e. The molecule has 18 heavy (non-hydrogen) atoms. The predicted molar refractivity (Wildman–Crippen MR) is 71.8 cm³/mol. The van der Waals surface area contributed by atoms with Crippen LogP contribution in [0.25, 0.3) is 0 Å². The first kappa shape index (κ1) is 14.5. The molecule has 0 heterocycles. The van der Waals surface area contributed by atoms with Gasteiger partial charge in [-0.05, 0) is 30.7 Å². The number of anilines is 1. The Hall–Kier alpha value is -1.58. The summed E-state index contributed by atoms with van der Waals surface area (Å²) in [6.45, 7) is 2.14. The molecule has 4 heteroatoms. The topological polar surface area (TPSA) is 55.1 Å². The maximum absolute atomic E-state index is 12.8. The van der Waals surface area contributed by atoms with Gasteiger partial charge >= 0.3 is 0 Å². The van der Waals surface area contributed by atoms with E-state index in [1.165, 1.54) is 18.6 Å². The maximum atomic E-state index is 12.8. The van der Waals surface area contributed by atoms with Gasteiger partial charge in [0.1, 0.15) is 11.9 Å². The normalized spacial score (nSPS) is 12.1. The third-order valence-electron chi connectivity index (χ3n) is 2.87. The van der Waals surface area contributed by atoms with Gasteiger partial charge in [-0.1, -0.05) is 32.6 Å². The molecule has 1 unspecified atom stereocenters. The average molecular weight is 252 g/mol.